The molecule has 24 heteroatoms. The van der Waals surface area contributed by atoms with Crippen LogP contribution in [0.2, 0.25) is 0 Å². The average Bonchev–Trinajstić information content (AvgIpc) is 3.81. The van der Waals surface area contributed by atoms with Crippen molar-refractivity contribution in [3.8, 4) is 5.75 Å². The van der Waals surface area contributed by atoms with E-state index in [4.69, 9.17) is 22.3 Å². The molecular weight excluding hydrogens is 1010 g/mol. The minimum Gasteiger partial charge on any atom is -0.508 e. The number of carboxylic acid groups (broad SMARTS) is 1. The first-order chi connectivity index (χ1) is 36.6. The molecule has 0 bridgehead atoms. The summed E-state index contributed by atoms with van der Waals surface area (Å²) in [6, 6.07) is 3.65. The van der Waals surface area contributed by atoms with Gasteiger partial charge < -0.3 is 74.9 Å². The van der Waals surface area contributed by atoms with Crippen LogP contribution in [0.5, 0.6) is 5.75 Å². The monoisotopic (exact) mass is 1090 g/mol. The summed E-state index contributed by atoms with van der Waals surface area (Å²) in [5.41, 5.74) is 19.4. The second-order valence-corrected chi connectivity index (χ2v) is 20.6. The van der Waals surface area contributed by atoms with E-state index in [0.29, 0.717) is 61.9 Å². The van der Waals surface area contributed by atoms with Gasteiger partial charge in [0.25, 0.3) is 0 Å². The number of fused-ring (bicyclic) bond motifs is 1. The molecule has 0 aliphatic heterocycles. The fourth-order valence-corrected chi connectivity index (χ4v) is 8.70. The summed E-state index contributed by atoms with van der Waals surface area (Å²) in [7, 11) is 0. The van der Waals surface area contributed by atoms with Gasteiger partial charge in [-0.05, 0) is 112 Å². The van der Waals surface area contributed by atoms with E-state index >= 15 is 0 Å². The number of nitrogens with one attached hydrogen (secondary N) is 9. The minimum atomic E-state index is -1.41. The molecule has 2 aromatic carbocycles. The summed E-state index contributed by atoms with van der Waals surface area (Å²) in [6.07, 6.45) is 6.53. The SMILES string of the molecule is CC[C@H](C)[C@H](NC(=O)[C@@H](NC(=O)[C@H](CCSC)NC(=O)[C@@H](N)CCCCN)C(C)C)C(=O)N[C@@H](Cc1ccc(O)cc1)C(=O)N[C@@H](Cc1c[nH]c2ccccc12)C(=O)N[C@@H](CCCCN)C(=O)N[C@@H](C)C(=O)NCC(=O)O. The van der Waals surface area contributed by atoms with Crippen LogP contribution in [0.3, 0.4) is 0 Å². The van der Waals surface area contributed by atoms with Crippen LogP contribution in [0.25, 0.3) is 10.9 Å². The molecule has 0 radical (unpaired) electrons. The van der Waals surface area contributed by atoms with Crippen molar-refractivity contribution in [1.82, 2.24) is 47.5 Å². The highest BCUT2D eigenvalue weighted by molar-refractivity contribution is 7.98. The Labute approximate surface area is 454 Å². The first kappa shape index (κ1) is 64.5. The maximum atomic E-state index is 14.8. The predicted octanol–water partition coefficient (Wildman–Crippen LogP) is 0.313. The Kier molecular flexibility index (Phi) is 28.0. The number of para-hydroxylation sites is 1. The summed E-state index contributed by atoms with van der Waals surface area (Å²) in [5.74, 6) is -7.58. The number of carbonyl (C=O) groups excluding carboxylic acids is 8. The lowest BCUT2D eigenvalue weighted by molar-refractivity contribution is -0.138. The first-order valence-corrected chi connectivity index (χ1v) is 27.6. The number of hydrogen-bond acceptors (Lipinski definition) is 14. The largest absolute Gasteiger partial charge is 0.508 e. The van der Waals surface area contributed by atoms with Gasteiger partial charge in [-0.25, -0.2) is 0 Å². The molecule has 8 amide bonds. The Bertz CT molecular complexity index is 2420. The van der Waals surface area contributed by atoms with Gasteiger partial charge in [-0.1, -0.05) is 70.9 Å². The van der Waals surface area contributed by atoms with Crippen molar-refractivity contribution in [1.29, 1.82) is 0 Å². The molecule has 0 saturated heterocycles. The third-order valence-corrected chi connectivity index (χ3v) is 13.7. The fraction of sp³-hybridized carbons (Fsp3) is 0.566. The minimum absolute atomic E-state index is 0.0548. The lowest BCUT2D eigenvalue weighted by atomic mass is 9.95. The number of carboxylic acids is 1. The van der Waals surface area contributed by atoms with E-state index < -0.39 is 120 Å². The number of carbonyl (C=O) groups is 9. The lowest BCUT2D eigenvalue weighted by Gasteiger charge is -2.31. The van der Waals surface area contributed by atoms with Crippen LogP contribution in [-0.4, -0.2) is 148 Å². The van der Waals surface area contributed by atoms with Gasteiger partial charge >= 0.3 is 5.97 Å². The van der Waals surface area contributed by atoms with E-state index in [1.54, 1.807) is 45.2 Å². The zero-order valence-corrected chi connectivity index (χ0v) is 45.9. The molecule has 23 nitrogen and oxygen atoms in total. The third-order valence-electron chi connectivity index (χ3n) is 13.1. The van der Waals surface area contributed by atoms with E-state index in [9.17, 15) is 48.3 Å². The van der Waals surface area contributed by atoms with Crippen LogP contribution in [0.1, 0.15) is 97.1 Å². The Morgan fingerprint density at radius 1 is 0.610 bits per heavy atom. The summed E-state index contributed by atoms with van der Waals surface area (Å²) < 4.78 is 0. The highest BCUT2D eigenvalue weighted by Crippen LogP contribution is 2.21. The summed E-state index contributed by atoms with van der Waals surface area (Å²) in [6.45, 7) is 8.38. The number of hydrogen-bond donors (Lipinski definition) is 14. The van der Waals surface area contributed by atoms with Crippen molar-refractivity contribution in [3.63, 3.8) is 0 Å². The zero-order chi connectivity index (χ0) is 57.2. The number of unbranched alkanes of at least 4 members (excludes halogenated alkanes) is 2. The number of benzene rings is 2. The number of rotatable bonds is 35. The Morgan fingerprint density at radius 2 is 1.14 bits per heavy atom. The second-order valence-electron chi connectivity index (χ2n) is 19.6. The van der Waals surface area contributed by atoms with Gasteiger partial charge in [-0.3, -0.25) is 43.2 Å². The number of phenols is 1. The molecule has 0 spiro atoms. The molecule has 0 unspecified atom stereocenters. The standard InChI is InChI=1S/C53H82N12O11S/c1-7-31(4)45(65-52(75)44(30(2)3)64-49(72)40(22-25-77-6)60-47(70)37(56)15-10-12-23-54)53(76)63-41(26-33-18-20-35(66)21-19-33)50(73)62-42(27-34-28-57-38-16-9-8-14-36(34)38)51(74)61-39(17-11-13-24-55)48(71)59-32(5)46(69)58-29-43(67)68/h8-9,14,16,18-21,28,30-32,37,39-42,44-45,57,66H,7,10-13,15,17,22-27,29,54-56H2,1-6H3,(H,58,69)(H,59,71)(H,60,70)(H,61,74)(H,62,73)(H,63,76)(H,64,72)(H,65,75)(H,67,68)/t31-,32-,37-,39-,40-,41-,42-,44-,45-/m0/s1. The molecule has 0 aliphatic rings. The molecule has 1 aromatic heterocycles. The topological polar surface area (TPSA) is 384 Å². The number of aliphatic carboxylic acids is 1. The van der Waals surface area contributed by atoms with E-state index in [-0.39, 0.29) is 38.0 Å². The molecule has 17 N–H and O–H groups in total. The van der Waals surface area contributed by atoms with Gasteiger partial charge in [0.05, 0.1) is 6.04 Å². The number of aromatic hydroxyl groups is 1. The highest BCUT2D eigenvalue weighted by atomic mass is 32.2. The van der Waals surface area contributed by atoms with Crippen LogP contribution in [0.15, 0.2) is 54.7 Å². The highest BCUT2D eigenvalue weighted by Gasteiger charge is 2.37. The summed E-state index contributed by atoms with van der Waals surface area (Å²) >= 11 is 1.47. The van der Waals surface area contributed by atoms with Crippen LogP contribution in [-0.2, 0) is 56.0 Å². The van der Waals surface area contributed by atoms with Crippen LogP contribution in [0.4, 0.5) is 0 Å². The number of aromatic nitrogens is 1. The third kappa shape index (κ3) is 21.7. The number of nitrogens with two attached hydrogens (primary N) is 3. The maximum absolute atomic E-state index is 14.8. The van der Waals surface area contributed by atoms with Gasteiger partial charge in [0.1, 0.15) is 54.6 Å². The number of amides is 8. The fourth-order valence-electron chi connectivity index (χ4n) is 8.23. The average molecular weight is 1100 g/mol. The summed E-state index contributed by atoms with van der Waals surface area (Å²) in [4.78, 5) is 126. The summed E-state index contributed by atoms with van der Waals surface area (Å²) in [5, 5.41) is 41.3. The normalized spacial score (nSPS) is 14.8. The molecule has 9 atom stereocenters. The van der Waals surface area contributed by atoms with Gasteiger partial charge in [0.2, 0.25) is 47.3 Å². The second kappa shape index (κ2) is 33.4. The van der Waals surface area contributed by atoms with Crippen molar-refractivity contribution < 1.29 is 53.4 Å². The molecular formula is C53H82N12O11S. The van der Waals surface area contributed by atoms with Crippen LogP contribution < -0.4 is 59.7 Å². The van der Waals surface area contributed by atoms with Crippen molar-refractivity contribution in [2.24, 2.45) is 29.0 Å². The number of thioether (sulfide) groups is 1. The van der Waals surface area contributed by atoms with Crippen molar-refractivity contribution in [2.75, 3.05) is 31.6 Å². The van der Waals surface area contributed by atoms with Gasteiger partial charge in [-0.2, -0.15) is 11.8 Å². The molecule has 3 aromatic rings. The molecule has 1 heterocycles. The van der Waals surface area contributed by atoms with Crippen LogP contribution in [0, 0.1) is 11.8 Å². The number of aromatic amines is 1. The van der Waals surface area contributed by atoms with Gasteiger partial charge in [0.15, 0.2) is 0 Å². The Hall–Kier alpha value is -6.76. The predicted molar refractivity (Wildman–Crippen MR) is 295 cm³/mol. The Morgan fingerprint density at radius 3 is 1.75 bits per heavy atom. The van der Waals surface area contributed by atoms with E-state index in [0.717, 1.165) is 10.9 Å². The Balaban J connectivity index is 1.99. The van der Waals surface area contributed by atoms with Gasteiger partial charge in [0, 0.05) is 29.9 Å². The molecule has 0 fully saturated rings. The van der Waals surface area contributed by atoms with Crippen molar-refractivity contribution in [2.45, 2.75) is 147 Å². The molecule has 0 saturated carbocycles. The van der Waals surface area contributed by atoms with Crippen LogP contribution >= 0.6 is 11.8 Å². The van der Waals surface area contributed by atoms with E-state index in [1.165, 1.54) is 30.8 Å². The first-order valence-electron chi connectivity index (χ1n) is 26.2. The molecule has 426 valence electrons. The quantitative estimate of drug-likeness (QED) is 0.0353. The molecule has 77 heavy (non-hydrogen) atoms. The number of H-pyrrole nitrogens is 1. The van der Waals surface area contributed by atoms with Crippen molar-refractivity contribution in [3.05, 3.63) is 65.9 Å². The molecule has 3 rings (SSSR count). The molecule has 0 aliphatic carbocycles. The van der Waals surface area contributed by atoms with E-state index in [1.807, 2.05) is 31.4 Å². The van der Waals surface area contributed by atoms with Gasteiger partial charge in [-0.15, -0.1) is 0 Å². The maximum Gasteiger partial charge on any atom is 0.322 e. The smallest absolute Gasteiger partial charge is 0.322 e. The number of phenolic OH excluding ortho intramolecular Hbond substituents is 1. The van der Waals surface area contributed by atoms with E-state index in [2.05, 4.69) is 47.5 Å². The van der Waals surface area contributed by atoms with Crippen molar-refractivity contribution >= 4 is 75.9 Å². The lowest BCUT2D eigenvalue weighted by Crippen LogP contribution is -2.62. The zero-order valence-electron chi connectivity index (χ0n) is 45.1.